The Hall–Kier alpha value is -1.68. The maximum atomic E-state index is 13.5. The van der Waals surface area contributed by atoms with Crippen LogP contribution >= 0.6 is 12.2 Å². The lowest BCUT2D eigenvalue weighted by atomic mass is 9.85. The lowest BCUT2D eigenvalue weighted by Crippen LogP contribution is -2.64. The number of sulfonamides is 2. The van der Waals surface area contributed by atoms with Crippen LogP contribution in [0, 0.1) is 0 Å². The summed E-state index contributed by atoms with van der Waals surface area (Å²) in [5.41, 5.74) is -4.48. The highest BCUT2D eigenvalue weighted by molar-refractivity contribution is 7.96. The molecule has 0 amide bonds. The number of nitrogens with one attached hydrogen (secondary N) is 2. The number of halogens is 3. The zero-order valence-corrected chi connectivity index (χ0v) is 23.7. The van der Waals surface area contributed by atoms with Gasteiger partial charge in [-0.1, -0.05) is 55.6 Å². The van der Waals surface area contributed by atoms with E-state index in [9.17, 15) is 35.1 Å². The summed E-state index contributed by atoms with van der Waals surface area (Å²) in [6, 6.07) is 4.88. The predicted molar refractivity (Wildman–Crippen MR) is 143 cm³/mol. The van der Waals surface area contributed by atoms with Crippen molar-refractivity contribution in [2.24, 2.45) is 0 Å². The van der Waals surface area contributed by atoms with E-state index < -0.39 is 48.2 Å². The molecule has 1 aliphatic heterocycles. The number of piperazine rings is 1. The highest BCUT2D eigenvalue weighted by Crippen LogP contribution is 2.39. The molecule has 0 bridgehead atoms. The van der Waals surface area contributed by atoms with Gasteiger partial charge in [0.25, 0.3) is 0 Å². The standard InChI is InChI=1S/C24H32F3N3O5S3/c1-4-17(2)37(32,33)29-15-23(19-11-9-18(10-12-19)22(3,31)24(25,26)27)16-30(14-13-28-23)38(34,35)21-8-6-5-7-20(21)36/h5-6,8-12,17,28-29,31H,4,7,13-16H2,1-3H3/t17?,22?,23-/m0/s1. The second-order valence-electron chi connectivity index (χ2n) is 9.67. The fourth-order valence-corrected chi connectivity index (χ4v) is 7.50. The Morgan fingerprint density at radius 2 is 1.84 bits per heavy atom. The predicted octanol–water partition coefficient (Wildman–Crippen LogP) is 2.82. The molecule has 3 rings (SSSR count). The molecule has 1 fully saturated rings. The van der Waals surface area contributed by atoms with Crippen LogP contribution in [0.1, 0.15) is 44.7 Å². The van der Waals surface area contributed by atoms with Crippen molar-refractivity contribution in [3.8, 4) is 0 Å². The van der Waals surface area contributed by atoms with E-state index in [2.05, 4.69) is 10.0 Å². The van der Waals surface area contributed by atoms with Gasteiger partial charge >= 0.3 is 6.18 Å². The molecule has 3 N–H and O–H groups in total. The van der Waals surface area contributed by atoms with E-state index in [-0.39, 0.29) is 35.9 Å². The third-order valence-electron chi connectivity index (χ3n) is 7.08. The molecule has 0 aromatic heterocycles. The molecular weight excluding hydrogens is 563 g/mol. The second-order valence-corrected chi connectivity index (χ2v) is 14.2. The number of alkyl halides is 3. The van der Waals surface area contributed by atoms with Crippen molar-refractivity contribution < 1.29 is 35.1 Å². The van der Waals surface area contributed by atoms with Crippen LogP contribution in [0.4, 0.5) is 13.2 Å². The molecule has 212 valence electrons. The van der Waals surface area contributed by atoms with Crippen LogP contribution in [0.15, 0.2) is 47.4 Å². The fourth-order valence-electron chi connectivity index (χ4n) is 4.23. The molecule has 1 heterocycles. The molecule has 1 saturated heterocycles. The van der Waals surface area contributed by atoms with Gasteiger partial charge in [0.2, 0.25) is 20.0 Å². The van der Waals surface area contributed by atoms with Gasteiger partial charge in [-0.25, -0.2) is 21.6 Å². The third-order valence-corrected chi connectivity index (χ3v) is 11.5. The van der Waals surface area contributed by atoms with Gasteiger partial charge in [-0.15, -0.1) is 0 Å². The first-order chi connectivity index (χ1) is 17.5. The van der Waals surface area contributed by atoms with Crippen LogP contribution < -0.4 is 10.0 Å². The van der Waals surface area contributed by atoms with Crippen molar-refractivity contribution in [3.05, 3.63) is 58.5 Å². The number of aliphatic hydroxyl groups is 1. The van der Waals surface area contributed by atoms with Crippen molar-refractivity contribution in [3.63, 3.8) is 0 Å². The van der Waals surface area contributed by atoms with Gasteiger partial charge in [0.15, 0.2) is 5.60 Å². The van der Waals surface area contributed by atoms with Crippen LogP contribution in [0.25, 0.3) is 0 Å². The molecule has 0 spiro atoms. The SMILES string of the molecule is CCC(C)S(=O)(=O)NC[C@@]1(c2ccc(C(C)(O)C(F)(F)F)cc2)CN(S(=O)(=O)C2=CC=CCC2=S)CCN1. The maximum Gasteiger partial charge on any atom is 0.421 e. The van der Waals surface area contributed by atoms with Crippen molar-refractivity contribution in [2.75, 3.05) is 26.2 Å². The summed E-state index contributed by atoms with van der Waals surface area (Å²) in [7, 11) is -7.82. The Bertz CT molecular complexity index is 1320. The minimum absolute atomic E-state index is 0.0115. The lowest BCUT2D eigenvalue weighted by molar-refractivity contribution is -0.258. The summed E-state index contributed by atoms with van der Waals surface area (Å²) < 4.78 is 96.5. The highest BCUT2D eigenvalue weighted by Gasteiger charge is 2.51. The highest BCUT2D eigenvalue weighted by atomic mass is 32.2. The largest absolute Gasteiger partial charge is 0.421 e. The monoisotopic (exact) mass is 595 g/mol. The number of allylic oxidation sites excluding steroid dienone is 4. The average molecular weight is 596 g/mol. The Labute approximate surface area is 227 Å². The number of rotatable bonds is 9. The molecule has 1 aromatic rings. The molecule has 0 saturated carbocycles. The normalized spacial score (nSPS) is 24.1. The summed E-state index contributed by atoms with van der Waals surface area (Å²) in [6.07, 6.45) is 0.481. The van der Waals surface area contributed by atoms with Gasteiger partial charge in [-0.2, -0.15) is 17.5 Å². The van der Waals surface area contributed by atoms with Crippen molar-refractivity contribution in [1.29, 1.82) is 0 Å². The van der Waals surface area contributed by atoms with Crippen molar-refractivity contribution in [2.45, 2.75) is 56.2 Å². The molecule has 38 heavy (non-hydrogen) atoms. The number of benzene rings is 1. The maximum absolute atomic E-state index is 13.5. The molecule has 8 nitrogen and oxygen atoms in total. The number of hydrogen-bond donors (Lipinski definition) is 3. The summed E-state index contributed by atoms with van der Waals surface area (Å²) >= 11 is 5.27. The van der Waals surface area contributed by atoms with Gasteiger partial charge < -0.3 is 10.4 Å². The molecule has 1 aliphatic carbocycles. The van der Waals surface area contributed by atoms with Crippen molar-refractivity contribution >= 4 is 37.1 Å². The van der Waals surface area contributed by atoms with Crippen LogP contribution in [-0.2, 0) is 31.2 Å². The van der Waals surface area contributed by atoms with Gasteiger partial charge in [-0.05, 0) is 37.5 Å². The number of hydrogen-bond acceptors (Lipinski definition) is 7. The molecule has 1 aromatic carbocycles. The molecule has 14 heteroatoms. The summed E-state index contributed by atoms with van der Waals surface area (Å²) in [6.45, 7) is 3.64. The Kier molecular flexibility index (Phi) is 8.98. The second kappa shape index (κ2) is 11.1. The Morgan fingerprint density at radius 3 is 2.39 bits per heavy atom. The molecule has 2 aliphatic rings. The van der Waals surface area contributed by atoms with E-state index in [4.69, 9.17) is 12.2 Å². The van der Waals surface area contributed by atoms with E-state index in [0.717, 1.165) is 12.1 Å². The van der Waals surface area contributed by atoms with E-state index >= 15 is 0 Å². The van der Waals surface area contributed by atoms with Crippen LogP contribution in [0.2, 0.25) is 0 Å². The Morgan fingerprint density at radius 1 is 1.21 bits per heavy atom. The van der Waals surface area contributed by atoms with Crippen LogP contribution in [0.5, 0.6) is 0 Å². The molecule has 0 radical (unpaired) electrons. The lowest BCUT2D eigenvalue weighted by Gasteiger charge is -2.44. The van der Waals surface area contributed by atoms with Crippen LogP contribution in [0.3, 0.4) is 0 Å². The minimum atomic E-state index is -4.92. The van der Waals surface area contributed by atoms with Crippen molar-refractivity contribution in [1.82, 2.24) is 14.3 Å². The summed E-state index contributed by atoms with van der Waals surface area (Å²) in [4.78, 5) is 0.246. The van der Waals surface area contributed by atoms with Gasteiger partial charge in [0.05, 0.1) is 15.7 Å². The average Bonchev–Trinajstić information content (AvgIpc) is 2.86. The van der Waals surface area contributed by atoms with Gasteiger partial charge in [-0.3, -0.25) is 0 Å². The first-order valence-electron chi connectivity index (χ1n) is 12.0. The molecular formula is C24H32F3N3O5S3. The first kappa shape index (κ1) is 30.9. The van der Waals surface area contributed by atoms with Crippen LogP contribution in [-0.4, -0.2) is 68.7 Å². The zero-order valence-electron chi connectivity index (χ0n) is 21.2. The number of nitrogens with zero attached hydrogens (tertiary/aromatic N) is 1. The fraction of sp³-hybridized carbons (Fsp3) is 0.542. The summed E-state index contributed by atoms with van der Waals surface area (Å²) in [5.74, 6) is 0. The first-order valence-corrected chi connectivity index (χ1v) is 15.4. The van der Waals surface area contributed by atoms with E-state index in [0.29, 0.717) is 25.3 Å². The van der Waals surface area contributed by atoms with Gasteiger partial charge in [0, 0.05) is 37.5 Å². The third kappa shape index (κ3) is 6.06. The van der Waals surface area contributed by atoms with Gasteiger partial charge in [0.1, 0.15) is 0 Å². The number of thiocarbonyl (C=S) groups is 1. The summed E-state index contributed by atoms with van der Waals surface area (Å²) in [5, 5.41) is 12.5. The topological polar surface area (TPSA) is 116 Å². The van der Waals surface area contributed by atoms with E-state index in [1.54, 1.807) is 19.1 Å². The Balaban J connectivity index is 2.04. The molecule has 2 unspecified atom stereocenters. The minimum Gasteiger partial charge on any atom is -0.376 e. The zero-order chi connectivity index (χ0) is 28.6. The quantitative estimate of drug-likeness (QED) is 0.376. The van der Waals surface area contributed by atoms with E-state index in [1.807, 2.05) is 0 Å². The molecule has 3 atom stereocenters. The van der Waals surface area contributed by atoms with E-state index in [1.165, 1.54) is 29.4 Å². The smallest absolute Gasteiger partial charge is 0.376 e.